The predicted molar refractivity (Wildman–Crippen MR) is 65.0 cm³/mol. The molecule has 6 bridgehead atoms. The van der Waals surface area contributed by atoms with Gasteiger partial charge in [-0.3, -0.25) is 0 Å². The Kier molecular flexibility index (Phi) is 1.26. The van der Waals surface area contributed by atoms with E-state index in [1.54, 1.807) is 5.57 Å². The summed E-state index contributed by atoms with van der Waals surface area (Å²) in [4.78, 5) is 0. The van der Waals surface area contributed by atoms with E-state index < -0.39 is 0 Å². The molecule has 0 N–H and O–H groups in total. The molecule has 0 aromatic heterocycles. The molecule has 0 heterocycles. The highest BCUT2D eigenvalue weighted by atomic mass is 35.5. The van der Waals surface area contributed by atoms with Gasteiger partial charge in [-0.05, 0) is 59.1 Å². The van der Waals surface area contributed by atoms with Gasteiger partial charge < -0.3 is 0 Å². The van der Waals surface area contributed by atoms with Crippen LogP contribution in [-0.4, -0.2) is 0 Å². The number of hydrogen-bond acceptors (Lipinski definition) is 0. The summed E-state index contributed by atoms with van der Waals surface area (Å²) in [6, 6.07) is 8.37. The van der Waals surface area contributed by atoms with E-state index in [-0.39, 0.29) is 0 Å². The number of benzene rings is 1. The normalized spacial score (nSPS) is 49.7. The van der Waals surface area contributed by atoms with Gasteiger partial charge in [0.1, 0.15) is 0 Å². The van der Waals surface area contributed by atoms with E-state index >= 15 is 0 Å². The third-order valence-corrected chi connectivity index (χ3v) is 5.90. The fourth-order valence-corrected chi connectivity index (χ4v) is 5.42. The Morgan fingerprint density at radius 2 is 1.94 bits per heavy atom. The molecule has 6 rings (SSSR count). The molecule has 0 amide bonds. The first kappa shape index (κ1) is 8.36. The fraction of sp³-hybridized carbons (Fsp3) is 0.467. The molecule has 5 aliphatic rings. The Bertz CT molecular complexity index is 530. The lowest BCUT2D eigenvalue weighted by Crippen LogP contribution is -2.04. The molecule has 1 aromatic carbocycles. The largest absolute Gasteiger partial charge is 0.0837 e. The molecule has 4 saturated carbocycles. The molecule has 5 aliphatic carbocycles. The van der Waals surface area contributed by atoms with E-state index in [2.05, 4.69) is 18.2 Å². The van der Waals surface area contributed by atoms with Gasteiger partial charge in [0, 0.05) is 5.02 Å². The average Bonchev–Trinajstić information content (AvgIpc) is 2.69. The Balaban J connectivity index is 1.67. The molecule has 6 atom stereocenters. The van der Waals surface area contributed by atoms with Gasteiger partial charge >= 0.3 is 0 Å². The van der Waals surface area contributed by atoms with Crippen molar-refractivity contribution in [2.45, 2.75) is 6.42 Å². The standard InChI is InChI=1S/C15H13Cl/c16-12-4-2-1-3-7(12)8-5-9-10-6-11-14(9)15(11)13(8)10/h1-5,9-11,13-15H,6H2. The summed E-state index contributed by atoms with van der Waals surface area (Å²) < 4.78 is 0. The minimum atomic E-state index is 0.875. The maximum atomic E-state index is 6.32. The first-order valence-corrected chi connectivity index (χ1v) is 6.70. The van der Waals surface area contributed by atoms with E-state index in [0.29, 0.717) is 0 Å². The lowest BCUT2D eigenvalue weighted by Gasteiger charge is -2.16. The van der Waals surface area contributed by atoms with E-state index in [1.165, 1.54) is 12.0 Å². The summed E-state index contributed by atoms with van der Waals surface area (Å²) in [7, 11) is 0. The third kappa shape index (κ3) is 0.728. The van der Waals surface area contributed by atoms with Crippen LogP contribution in [0.2, 0.25) is 5.02 Å². The van der Waals surface area contributed by atoms with Crippen LogP contribution in [0.25, 0.3) is 5.57 Å². The van der Waals surface area contributed by atoms with Crippen LogP contribution >= 0.6 is 11.6 Å². The van der Waals surface area contributed by atoms with Crippen molar-refractivity contribution in [3.63, 3.8) is 0 Å². The van der Waals surface area contributed by atoms with Gasteiger partial charge in [-0.25, -0.2) is 0 Å². The van der Waals surface area contributed by atoms with Crippen molar-refractivity contribution in [3.05, 3.63) is 40.9 Å². The summed E-state index contributed by atoms with van der Waals surface area (Å²) in [6.07, 6.45) is 4.07. The van der Waals surface area contributed by atoms with Gasteiger partial charge in [-0.15, -0.1) is 0 Å². The third-order valence-electron chi connectivity index (χ3n) is 5.57. The quantitative estimate of drug-likeness (QED) is 0.685. The van der Waals surface area contributed by atoms with E-state index in [9.17, 15) is 0 Å². The molecule has 1 aromatic rings. The zero-order valence-corrected chi connectivity index (χ0v) is 9.69. The van der Waals surface area contributed by atoms with Crippen LogP contribution in [0.4, 0.5) is 0 Å². The Morgan fingerprint density at radius 3 is 2.62 bits per heavy atom. The van der Waals surface area contributed by atoms with Gasteiger partial charge in [0.2, 0.25) is 0 Å². The van der Waals surface area contributed by atoms with E-state index in [0.717, 1.165) is 40.5 Å². The minimum absolute atomic E-state index is 0.875. The molecule has 1 heteroatoms. The highest BCUT2D eigenvalue weighted by molar-refractivity contribution is 6.32. The zero-order valence-electron chi connectivity index (χ0n) is 8.94. The zero-order chi connectivity index (χ0) is 10.4. The smallest absolute Gasteiger partial charge is 0.0481 e. The van der Waals surface area contributed by atoms with Crippen molar-refractivity contribution in [2.24, 2.45) is 35.5 Å². The van der Waals surface area contributed by atoms with Crippen molar-refractivity contribution in [1.29, 1.82) is 0 Å². The van der Waals surface area contributed by atoms with Crippen LogP contribution in [0.5, 0.6) is 0 Å². The molecule has 6 unspecified atom stereocenters. The van der Waals surface area contributed by atoms with Crippen molar-refractivity contribution >= 4 is 17.2 Å². The highest BCUT2D eigenvalue weighted by Crippen LogP contribution is 2.81. The molecular formula is C15H13Cl. The number of hydrogen-bond donors (Lipinski definition) is 0. The van der Waals surface area contributed by atoms with Crippen molar-refractivity contribution in [3.8, 4) is 0 Å². The molecule has 4 fully saturated rings. The van der Waals surface area contributed by atoms with Crippen LogP contribution in [0.3, 0.4) is 0 Å². The second kappa shape index (κ2) is 2.41. The monoisotopic (exact) mass is 228 g/mol. The summed E-state index contributed by atoms with van der Waals surface area (Å²) >= 11 is 6.32. The molecule has 0 radical (unpaired) electrons. The Hall–Kier alpha value is -0.750. The van der Waals surface area contributed by atoms with Crippen molar-refractivity contribution in [1.82, 2.24) is 0 Å². The summed E-state index contributed by atoms with van der Waals surface area (Å²) in [6.45, 7) is 0. The van der Waals surface area contributed by atoms with E-state index in [4.69, 9.17) is 11.6 Å². The van der Waals surface area contributed by atoms with Crippen LogP contribution in [0.1, 0.15) is 12.0 Å². The summed E-state index contributed by atoms with van der Waals surface area (Å²) in [5.41, 5.74) is 2.90. The number of halogens is 1. The Morgan fingerprint density at radius 1 is 1.06 bits per heavy atom. The van der Waals surface area contributed by atoms with Gasteiger partial charge in [-0.2, -0.15) is 0 Å². The average molecular weight is 229 g/mol. The van der Waals surface area contributed by atoms with Crippen molar-refractivity contribution in [2.75, 3.05) is 0 Å². The fourth-order valence-electron chi connectivity index (χ4n) is 5.17. The minimum Gasteiger partial charge on any atom is -0.0837 e. The highest BCUT2D eigenvalue weighted by Gasteiger charge is 2.75. The maximum Gasteiger partial charge on any atom is 0.0481 e. The molecule has 0 nitrogen and oxygen atoms in total. The first-order chi connectivity index (χ1) is 7.86. The molecule has 16 heavy (non-hydrogen) atoms. The Labute approximate surface area is 100 Å². The molecule has 0 saturated heterocycles. The van der Waals surface area contributed by atoms with Crippen molar-refractivity contribution < 1.29 is 0 Å². The van der Waals surface area contributed by atoms with Crippen LogP contribution < -0.4 is 0 Å². The number of rotatable bonds is 1. The second-order valence-electron chi connectivity index (χ2n) is 5.92. The van der Waals surface area contributed by atoms with Gasteiger partial charge in [0.15, 0.2) is 0 Å². The van der Waals surface area contributed by atoms with E-state index in [1.807, 2.05) is 12.1 Å². The molecular weight excluding hydrogens is 216 g/mol. The SMILES string of the molecule is Clc1ccccc1C1=CC2C3CC4C2C4C13. The maximum absolute atomic E-state index is 6.32. The van der Waals surface area contributed by atoms with Crippen LogP contribution in [0, 0.1) is 35.5 Å². The van der Waals surface area contributed by atoms with Gasteiger partial charge in [0.05, 0.1) is 0 Å². The van der Waals surface area contributed by atoms with Gasteiger partial charge in [0.25, 0.3) is 0 Å². The topological polar surface area (TPSA) is 0 Å². The second-order valence-corrected chi connectivity index (χ2v) is 6.33. The lowest BCUT2D eigenvalue weighted by molar-refractivity contribution is 0.476. The van der Waals surface area contributed by atoms with Gasteiger partial charge in [-0.1, -0.05) is 35.9 Å². The summed E-state index contributed by atoms with van der Waals surface area (Å²) in [5.74, 6) is 6.01. The van der Waals surface area contributed by atoms with Crippen LogP contribution in [0.15, 0.2) is 30.3 Å². The first-order valence-electron chi connectivity index (χ1n) is 6.33. The van der Waals surface area contributed by atoms with Crippen LogP contribution in [-0.2, 0) is 0 Å². The molecule has 0 spiro atoms. The predicted octanol–water partition coefficient (Wildman–Crippen LogP) is 3.87. The lowest BCUT2D eigenvalue weighted by atomic mass is 9.90. The molecule has 0 aliphatic heterocycles. The molecule has 80 valence electrons. The number of allylic oxidation sites excluding steroid dienone is 2. The summed E-state index contributed by atoms with van der Waals surface area (Å²) in [5, 5.41) is 0.940.